The number of halogens is 1. The summed E-state index contributed by atoms with van der Waals surface area (Å²) in [5, 5.41) is 2.86. The van der Waals surface area contributed by atoms with Crippen molar-refractivity contribution in [2.24, 2.45) is 5.92 Å². The highest BCUT2D eigenvalue weighted by Gasteiger charge is 2.60. The Morgan fingerprint density at radius 2 is 1.85 bits per heavy atom. The van der Waals surface area contributed by atoms with Gasteiger partial charge in [-0.15, -0.1) is 0 Å². The van der Waals surface area contributed by atoms with E-state index in [4.69, 9.17) is 5.73 Å². The number of amides is 1. The van der Waals surface area contributed by atoms with Crippen molar-refractivity contribution in [2.45, 2.75) is 38.1 Å². The molecule has 1 aliphatic carbocycles. The van der Waals surface area contributed by atoms with Crippen LogP contribution in [0.1, 0.15) is 41.8 Å². The zero-order valence-electron chi connectivity index (χ0n) is 19.6. The Morgan fingerprint density at radius 1 is 1.09 bits per heavy atom. The molecule has 3 heterocycles. The number of nitrogens with zero attached hydrogens (tertiary/aromatic N) is 2. The number of hydrogen-bond acceptors (Lipinski definition) is 4. The van der Waals surface area contributed by atoms with Crippen LogP contribution in [-0.4, -0.2) is 41.5 Å². The molecule has 0 radical (unpaired) electrons. The fraction of sp³-hybridized carbons (Fsp3) is 0.357. The number of piperidine rings is 1. The lowest BCUT2D eigenvalue weighted by molar-refractivity contribution is 0.0946. The number of pyridine rings is 1. The van der Waals surface area contributed by atoms with Crippen molar-refractivity contribution in [2.75, 3.05) is 25.4 Å². The predicted molar refractivity (Wildman–Crippen MR) is 132 cm³/mol. The molecule has 6 rings (SSSR count). The normalized spacial score (nSPS) is 23.5. The first-order chi connectivity index (χ1) is 16.4. The third-order valence-corrected chi connectivity index (χ3v) is 8.02. The fourth-order valence-electron chi connectivity index (χ4n) is 5.88. The highest BCUT2D eigenvalue weighted by molar-refractivity contribution is 5.97. The topological polar surface area (TPSA) is 71.2 Å². The Balaban J connectivity index is 1.33. The Morgan fingerprint density at radius 3 is 2.59 bits per heavy atom. The zero-order valence-corrected chi connectivity index (χ0v) is 19.6. The number of anilines is 1. The molecule has 34 heavy (non-hydrogen) atoms. The number of fused-ring (bicyclic) bond motifs is 2. The molecule has 3 aliphatic rings. The molecule has 174 valence electrons. The lowest BCUT2D eigenvalue weighted by Gasteiger charge is -2.24. The minimum absolute atomic E-state index is 0.0603. The van der Waals surface area contributed by atoms with E-state index in [1.807, 2.05) is 30.3 Å². The molecule has 0 unspecified atom stereocenters. The highest BCUT2D eigenvalue weighted by atomic mass is 19.1. The standard InChI is InChI=1S/C28H29FN4O/c1-16(2)33-14-21-13-28(21,15-33)20-6-3-17(4-7-20)23-12-24(26(30)32-25(23)29)18-5-8-22-19(11-18)9-10-31-27(22)34/h3-8,11-12,16,21H,9-10,13-15H2,1-2H3,(H2,30,32)(H,31,34)/t21-,28+/m1/s1. The van der Waals surface area contributed by atoms with Crippen molar-refractivity contribution >= 4 is 11.7 Å². The molecule has 2 aromatic carbocycles. The van der Waals surface area contributed by atoms with Crippen molar-refractivity contribution in [3.63, 3.8) is 0 Å². The van der Waals surface area contributed by atoms with E-state index in [2.05, 4.69) is 41.2 Å². The maximum Gasteiger partial charge on any atom is 0.251 e. The van der Waals surface area contributed by atoms with Gasteiger partial charge >= 0.3 is 0 Å². The van der Waals surface area contributed by atoms with E-state index < -0.39 is 5.95 Å². The number of carbonyl (C=O) groups excluding carboxylic acids is 1. The first-order valence-corrected chi connectivity index (χ1v) is 12.1. The predicted octanol–water partition coefficient (Wildman–Crippen LogP) is 4.40. The molecule has 5 nitrogen and oxygen atoms in total. The molecule has 1 amide bonds. The molecule has 1 aromatic heterocycles. The van der Waals surface area contributed by atoms with Gasteiger partial charge in [0.05, 0.1) is 0 Å². The van der Waals surface area contributed by atoms with Crippen LogP contribution in [0.2, 0.25) is 0 Å². The van der Waals surface area contributed by atoms with Crippen molar-refractivity contribution in [1.29, 1.82) is 0 Å². The molecule has 2 atom stereocenters. The molecule has 1 saturated carbocycles. The van der Waals surface area contributed by atoms with E-state index in [-0.39, 0.29) is 17.1 Å². The number of carbonyl (C=O) groups is 1. The van der Waals surface area contributed by atoms with Gasteiger partial charge in [-0.3, -0.25) is 9.69 Å². The van der Waals surface area contributed by atoms with E-state index in [0.29, 0.717) is 29.3 Å². The summed E-state index contributed by atoms with van der Waals surface area (Å²) in [4.78, 5) is 18.7. The maximum absolute atomic E-state index is 14.9. The largest absolute Gasteiger partial charge is 0.383 e. The average molecular weight is 457 g/mol. The Labute approximate surface area is 199 Å². The van der Waals surface area contributed by atoms with Crippen molar-refractivity contribution in [3.05, 3.63) is 71.2 Å². The van der Waals surface area contributed by atoms with Crippen LogP contribution in [0.3, 0.4) is 0 Å². The number of nitrogen functional groups attached to an aromatic ring is 1. The molecule has 0 bridgehead atoms. The van der Waals surface area contributed by atoms with E-state index in [9.17, 15) is 9.18 Å². The monoisotopic (exact) mass is 456 g/mol. The minimum Gasteiger partial charge on any atom is -0.383 e. The Bertz CT molecular complexity index is 1300. The van der Waals surface area contributed by atoms with Crippen LogP contribution in [0, 0.1) is 11.9 Å². The average Bonchev–Trinajstić information content (AvgIpc) is 3.39. The number of likely N-dealkylation sites (tertiary alicyclic amines) is 1. The van der Waals surface area contributed by atoms with Crippen LogP contribution in [0.25, 0.3) is 22.3 Å². The summed E-state index contributed by atoms with van der Waals surface area (Å²) in [6, 6.07) is 16.3. The summed E-state index contributed by atoms with van der Waals surface area (Å²) in [5.74, 6) is 0.251. The number of benzene rings is 2. The van der Waals surface area contributed by atoms with Gasteiger partial charge in [0, 0.05) is 47.8 Å². The molecule has 3 N–H and O–H groups in total. The quantitative estimate of drug-likeness (QED) is 0.571. The van der Waals surface area contributed by atoms with Crippen LogP contribution in [-0.2, 0) is 11.8 Å². The summed E-state index contributed by atoms with van der Waals surface area (Å²) in [6.07, 6.45) is 2.00. The first-order valence-electron chi connectivity index (χ1n) is 12.1. The van der Waals surface area contributed by atoms with Gasteiger partial charge in [-0.05, 0) is 67.0 Å². The number of aromatic nitrogens is 1. The Kier molecular flexibility index (Phi) is 4.78. The van der Waals surface area contributed by atoms with Crippen LogP contribution in [0.15, 0.2) is 48.5 Å². The van der Waals surface area contributed by atoms with Crippen molar-refractivity contribution in [1.82, 2.24) is 15.2 Å². The summed E-state index contributed by atoms with van der Waals surface area (Å²) in [5.41, 5.74) is 12.2. The third-order valence-electron chi connectivity index (χ3n) is 8.02. The fourth-order valence-corrected chi connectivity index (χ4v) is 5.88. The summed E-state index contributed by atoms with van der Waals surface area (Å²) in [6.45, 7) is 7.40. The zero-order chi connectivity index (χ0) is 23.6. The smallest absolute Gasteiger partial charge is 0.251 e. The molecule has 1 saturated heterocycles. The van der Waals surface area contributed by atoms with Gasteiger partial charge in [0.15, 0.2) is 0 Å². The number of rotatable bonds is 4. The van der Waals surface area contributed by atoms with Crippen LogP contribution in [0.4, 0.5) is 10.2 Å². The van der Waals surface area contributed by atoms with Gasteiger partial charge in [0.1, 0.15) is 5.82 Å². The molecular weight excluding hydrogens is 427 g/mol. The molecule has 2 fully saturated rings. The second kappa shape index (κ2) is 7.64. The van der Waals surface area contributed by atoms with Gasteiger partial charge in [-0.25, -0.2) is 4.98 Å². The molecule has 0 spiro atoms. The highest BCUT2D eigenvalue weighted by Crippen LogP contribution is 2.59. The van der Waals surface area contributed by atoms with Crippen LogP contribution >= 0.6 is 0 Å². The summed E-state index contributed by atoms with van der Waals surface area (Å²) < 4.78 is 14.9. The third kappa shape index (κ3) is 3.31. The van der Waals surface area contributed by atoms with Crippen LogP contribution < -0.4 is 11.1 Å². The van der Waals surface area contributed by atoms with E-state index in [0.717, 1.165) is 35.6 Å². The van der Waals surface area contributed by atoms with Gasteiger partial charge in [0.25, 0.3) is 5.91 Å². The van der Waals surface area contributed by atoms with E-state index in [1.165, 1.54) is 18.5 Å². The summed E-state index contributed by atoms with van der Waals surface area (Å²) in [7, 11) is 0. The van der Waals surface area contributed by atoms with E-state index >= 15 is 0 Å². The first kappa shape index (κ1) is 21.3. The van der Waals surface area contributed by atoms with E-state index in [1.54, 1.807) is 6.07 Å². The number of nitrogens with two attached hydrogens (primary N) is 1. The SMILES string of the molecule is CC(C)N1C[C@H]2C[C@@]2(c2ccc(-c3cc(-c4ccc5c(c4)CCNC5=O)c(N)nc3F)cc2)C1. The van der Waals surface area contributed by atoms with Crippen molar-refractivity contribution < 1.29 is 9.18 Å². The molecule has 2 aliphatic heterocycles. The van der Waals surface area contributed by atoms with Crippen LogP contribution in [0.5, 0.6) is 0 Å². The number of nitrogens with one attached hydrogen (secondary N) is 1. The second-order valence-corrected chi connectivity index (χ2v) is 10.3. The molecule has 3 aromatic rings. The second-order valence-electron chi connectivity index (χ2n) is 10.3. The maximum atomic E-state index is 14.9. The van der Waals surface area contributed by atoms with Gasteiger partial charge in [0.2, 0.25) is 5.95 Å². The van der Waals surface area contributed by atoms with Crippen molar-refractivity contribution in [3.8, 4) is 22.3 Å². The van der Waals surface area contributed by atoms with Gasteiger partial charge in [-0.2, -0.15) is 4.39 Å². The summed E-state index contributed by atoms with van der Waals surface area (Å²) >= 11 is 0. The van der Waals surface area contributed by atoms with Gasteiger partial charge in [-0.1, -0.05) is 36.4 Å². The lowest BCUT2D eigenvalue weighted by atomic mass is 9.92. The Hall–Kier alpha value is -3.25. The molecular formula is C28H29FN4O. The molecule has 6 heteroatoms. The number of hydrogen-bond donors (Lipinski definition) is 2. The lowest BCUT2D eigenvalue weighted by Crippen LogP contribution is -2.32. The van der Waals surface area contributed by atoms with Gasteiger partial charge < -0.3 is 11.1 Å². The minimum atomic E-state index is -0.569.